The Hall–Kier alpha value is -11.3. The van der Waals surface area contributed by atoms with Gasteiger partial charge in [-0.15, -0.1) is 9.81 Å². The number of benzene rings is 11. The minimum Gasteiger partial charge on any atom is -0.457 e. The predicted molar refractivity (Wildman–Crippen MR) is 366 cm³/mol. The number of carbonyl (C=O) groups excluding carboxylic acids is 8. The zero-order valence-corrected chi connectivity index (χ0v) is 54.1. The van der Waals surface area contributed by atoms with Gasteiger partial charge in [0.15, 0.2) is 0 Å². The molecule has 0 saturated carbocycles. The van der Waals surface area contributed by atoms with E-state index in [2.05, 4.69) is 10.4 Å². The smallest absolute Gasteiger partial charge is 0.316 e. The van der Waals surface area contributed by atoms with E-state index in [1.165, 1.54) is 121 Å². The molecule has 0 aliphatic carbocycles. The van der Waals surface area contributed by atoms with Crippen LogP contribution in [0.4, 0.5) is 11.4 Å². The Labute approximate surface area is 557 Å². The first-order valence-corrected chi connectivity index (χ1v) is 31.4. The summed E-state index contributed by atoms with van der Waals surface area (Å²) in [5.74, 6) is -5.94. The first-order chi connectivity index (χ1) is 46.0. The molecule has 96 heavy (non-hydrogen) atoms. The third kappa shape index (κ3) is 10.5. The summed E-state index contributed by atoms with van der Waals surface area (Å²) in [5.41, 5.74) is 3.43. The average molecular weight is 1320 g/mol. The van der Waals surface area contributed by atoms with Gasteiger partial charge in [-0.3, -0.25) is 38.4 Å². The second-order valence-corrected chi connectivity index (χ2v) is 25.3. The Kier molecular flexibility index (Phi) is 16.2. The molecule has 0 saturated heterocycles. The van der Waals surface area contributed by atoms with Crippen LogP contribution in [0.5, 0.6) is 46.0 Å². The van der Waals surface area contributed by atoms with Gasteiger partial charge in [0.05, 0.1) is 33.6 Å². The maximum atomic E-state index is 16.3. The second kappa shape index (κ2) is 24.5. The van der Waals surface area contributed by atoms with E-state index in [1.807, 2.05) is 91.8 Å². The van der Waals surface area contributed by atoms with Crippen LogP contribution in [-0.2, 0) is 0 Å². The fourth-order valence-corrected chi connectivity index (χ4v) is 13.3. The van der Waals surface area contributed by atoms with Gasteiger partial charge >= 0.3 is 11.8 Å². The Morgan fingerprint density at radius 3 is 0.771 bits per heavy atom. The first-order valence-electron chi connectivity index (χ1n) is 30.7. The molecule has 0 aromatic heterocycles. The molecule has 2 aliphatic heterocycles. The van der Waals surface area contributed by atoms with Crippen molar-refractivity contribution in [1.82, 2.24) is 0 Å². The SMILES string of the molecule is CC(C)c1cccc(C(C)C)c1N1C(=O)c2cc(Oc3ccc(C(=O)Cl)cc3)c3c4c(Oc5ccc(C(=O)Cl)cc5)cc5c6c(cc(Oc7ccc(C(=O)N=O)cc7)c(c7c(Oc8ccc(C(=O)N=O)cc8)cc(c2c37)C1=O)c64)C(=O)N(c1c(C(C)C)cccc1C(C)C)C5=O. The molecule has 11 aromatic carbocycles. The minimum atomic E-state index is -1.06. The van der Waals surface area contributed by atoms with E-state index in [0.717, 1.165) is 9.80 Å². The van der Waals surface area contributed by atoms with Crippen LogP contribution in [0.15, 0.2) is 168 Å². The molecule has 2 heterocycles. The molecule has 0 radical (unpaired) electrons. The van der Waals surface area contributed by atoms with Gasteiger partial charge in [0.2, 0.25) is 0 Å². The molecule has 13 rings (SSSR count). The lowest BCUT2D eigenvalue weighted by Gasteiger charge is -2.35. The van der Waals surface area contributed by atoms with Gasteiger partial charge in [0.1, 0.15) is 46.0 Å². The van der Waals surface area contributed by atoms with Gasteiger partial charge in [-0.25, -0.2) is 9.80 Å². The summed E-state index contributed by atoms with van der Waals surface area (Å²) < 4.78 is 28.3. The number of nitrogens with zero attached hydrogens (tertiary/aromatic N) is 4. The summed E-state index contributed by atoms with van der Waals surface area (Å²) in [6.45, 7) is 15.6. The number of para-hydroxylation sites is 2. The van der Waals surface area contributed by atoms with Crippen molar-refractivity contribution in [3.8, 4) is 46.0 Å². The number of ether oxygens (including phenoxy) is 4. The summed E-state index contributed by atoms with van der Waals surface area (Å²) in [7, 11) is 0. The summed E-state index contributed by atoms with van der Waals surface area (Å²) in [6.07, 6.45) is 0. The lowest BCUT2D eigenvalue weighted by molar-refractivity contribution is 0.0877. The number of nitroso groups, excluding NO2 is 2. The highest BCUT2D eigenvalue weighted by atomic mass is 35.5. The van der Waals surface area contributed by atoms with E-state index in [1.54, 1.807) is 0 Å². The van der Waals surface area contributed by atoms with Crippen LogP contribution in [0.2, 0.25) is 0 Å². The van der Waals surface area contributed by atoms with Crippen LogP contribution in [0.3, 0.4) is 0 Å². The molecule has 0 unspecified atom stereocenters. The highest BCUT2D eigenvalue weighted by molar-refractivity contribution is 6.68. The van der Waals surface area contributed by atoms with Crippen molar-refractivity contribution in [1.29, 1.82) is 0 Å². The van der Waals surface area contributed by atoms with Crippen molar-refractivity contribution in [3.05, 3.63) is 234 Å². The highest BCUT2D eigenvalue weighted by Gasteiger charge is 2.44. The van der Waals surface area contributed by atoms with Gasteiger partial charge in [0, 0.05) is 75.7 Å². The van der Waals surface area contributed by atoms with E-state index >= 15 is 19.2 Å². The summed E-state index contributed by atoms with van der Waals surface area (Å²) in [6, 6.07) is 39.9. The Morgan fingerprint density at radius 2 is 0.562 bits per heavy atom. The second-order valence-electron chi connectivity index (χ2n) is 24.6. The third-order valence-corrected chi connectivity index (χ3v) is 17.9. The Balaban J connectivity index is 1.26. The number of hydrogen-bond donors (Lipinski definition) is 0. The summed E-state index contributed by atoms with van der Waals surface area (Å²) in [5, 5.41) is 4.53. The molecule has 6 amide bonds. The quantitative estimate of drug-likeness (QED) is 0.0255. The maximum absolute atomic E-state index is 16.3. The molecule has 0 atom stereocenters. The molecule has 20 heteroatoms. The van der Waals surface area contributed by atoms with Crippen molar-refractivity contribution in [2.75, 3.05) is 9.80 Å². The molecule has 0 bridgehead atoms. The number of carbonyl (C=O) groups is 8. The zero-order valence-electron chi connectivity index (χ0n) is 52.6. The lowest BCUT2D eigenvalue weighted by atomic mass is 9.80. The van der Waals surface area contributed by atoms with Crippen LogP contribution in [-0.4, -0.2) is 45.9 Å². The standard InChI is InChI=1S/C76H54Cl2N4O14/c1-35(2)47-11-9-12-48(36(3)4)67(47)81-73(87)51-31-55(93-43-23-15-39(16-24-43)69(77)83)61-62-56(94-44-25-17-40(18-26-44)70(78)84)32-52-60-54(76(90)82(74(52)88)68-49(37(5)6)13-10-14-50(68)38(7)8)34-58(96-46-29-21-42(22-30-46)72(86)80-92)64(66(60)62)63-57(33-53(75(81)89)59(51)65(61)63)95-45-27-19-41(20-28-45)71(85)79-91/h9-38H,1-8H3. The molecule has 0 fully saturated rings. The first kappa shape index (κ1) is 63.4. The van der Waals surface area contributed by atoms with Crippen LogP contribution < -0.4 is 28.7 Å². The zero-order chi connectivity index (χ0) is 68.0. The average Bonchev–Trinajstić information content (AvgIpc) is 0.671. The van der Waals surface area contributed by atoms with Crippen LogP contribution >= 0.6 is 23.2 Å². The lowest BCUT2D eigenvalue weighted by Crippen LogP contribution is -2.42. The summed E-state index contributed by atoms with van der Waals surface area (Å²) >= 11 is 12.0. The van der Waals surface area contributed by atoms with E-state index in [-0.39, 0.29) is 157 Å². The number of imide groups is 2. The Bertz CT molecular complexity index is 4860. The number of halogens is 2. The minimum absolute atomic E-state index is 0.0358. The van der Waals surface area contributed by atoms with E-state index in [0.29, 0.717) is 33.6 Å². The molecule has 0 N–H and O–H groups in total. The van der Waals surface area contributed by atoms with E-state index < -0.39 is 45.9 Å². The third-order valence-electron chi connectivity index (χ3n) is 17.5. The highest BCUT2D eigenvalue weighted by Crippen LogP contribution is 2.59. The predicted octanol–water partition coefficient (Wildman–Crippen LogP) is 19.6. The Morgan fingerprint density at radius 1 is 0.333 bits per heavy atom. The molecule has 2 aliphatic rings. The van der Waals surface area contributed by atoms with Gasteiger partial charge in [-0.1, -0.05) is 91.8 Å². The topological polar surface area (TPSA) is 239 Å². The van der Waals surface area contributed by atoms with Crippen LogP contribution in [0, 0.1) is 9.81 Å². The van der Waals surface area contributed by atoms with Gasteiger partial charge in [-0.05, 0) is 190 Å². The number of anilines is 2. The normalized spacial score (nSPS) is 12.9. The van der Waals surface area contributed by atoms with Crippen molar-refractivity contribution in [2.45, 2.75) is 79.1 Å². The number of fused-ring (bicyclic) bond motifs is 2. The van der Waals surface area contributed by atoms with Crippen molar-refractivity contribution in [3.63, 3.8) is 0 Å². The maximum Gasteiger partial charge on any atom is 0.316 e. The molecule has 0 spiro atoms. The van der Waals surface area contributed by atoms with Gasteiger partial charge < -0.3 is 18.9 Å². The van der Waals surface area contributed by atoms with Crippen molar-refractivity contribution in [2.24, 2.45) is 10.4 Å². The molecule has 476 valence electrons. The largest absolute Gasteiger partial charge is 0.457 e. The fraction of sp³-hybridized carbons (Fsp3) is 0.158. The van der Waals surface area contributed by atoms with Crippen molar-refractivity contribution < 1.29 is 57.3 Å². The number of rotatable bonds is 18. The number of amides is 6. The van der Waals surface area contributed by atoms with Gasteiger partial charge in [0.25, 0.3) is 34.1 Å². The van der Waals surface area contributed by atoms with Crippen molar-refractivity contribution >= 4 is 124 Å². The summed E-state index contributed by atoms with van der Waals surface area (Å²) in [4.78, 5) is 141. The van der Waals surface area contributed by atoms with Crippen LogP contribution in [0.1, 0.15) is 184 Å². The van der Waals surface area contributed by atoms with E-state index in [9.17, 15) is 29.0 Å². The monoisotopic (exact) mass is 1320 g/mol. The fourth-order valence-electron chi connectivity index (χ4n) is 13.0. The molecule has 11 aromatic rings. The van der Waals surface area contributed by atoms with Gasteiger partial charge in [-0.2, -0.15) is 0 Å². The number of hydrogen-bond acceptors (Lipinski definition) is 14. The molecular weight excluding hydrogens is 1260 g/mol. The molecular formula is C76H54Cl2N4O14. The molecule has 18 nitrogen and oxygen atoms in total. The van der Waals surface area contributed by atoms with E-state index in [4.69, 9.17) is 42.1 Å². The van der Waals surface area contributed by atoms with Crippen LogP contribution in [0.25, 0.3) is 43.1 Å².